The number of aliphatic carboxylic acids is 1. The maximum atomic E-state index is 10.0. The number of rotatable bonds is 5. The quantitative estimate of drug-likeness (QED) is 0.477. The average Bonchev–Trinajstić information content (AvgIpc) is 1.86. The van der Waals surface area contributed by atoms with Gasteiger partial charge in [0, 0.05) is 0 Å². The summed E-state index contributed by atoms with van der Waals surface area (Å²) in [6.07, 6.45) is 2.49. The minimum atomic E-state index is -1.01. The molecule has 1 atom stereocenters. The number of hydrogen-bond acceptors (Lipinski definition) is 3. The number of aliphatic hydroxyl groups excluding tert-OH is 1. The van der Waals surface area contributed by atoms with Crippen LogP contribution in [0.1, 0.15) is 12.8 Å². The first-order valence-corrected chi connectivity index (χ1v) is 3.64. The predicted molar refractivity (Wildman–Crippen MR) is 45.7 cm³/mol. The Morgan fingerprint density at radius 3 is 2.73 bits per heavy atom. The third kappa shape index (κ3) is 7.15. The molecule has 0 aromatic rings. The summed E-state index contributed by atoms with van der Waals surface area (Å²) in [6, 6.07) is 0. The van der Waals surface area contributed by atoms with Gasteiger partial charge < -0.3 is 10.2 Å². The number of thiocarbonyl (C=S) groups is 1. The molecule has 11 heavy (non-hydrogen) atoms. The second kappa shape index (κ2) is 6.00. The summed E-state index contributed by atoms with van der Waals surface area (Å²) >= 11 is 4.52. The minimum Gasteiger partial charge on any atom is -0.481 e. The number of carboxylic acids is 1. The molecule has 0 saturated carbocycles. The Bertz CT molecular complexity index is 165. The molecule has 0 spiro atoms. The van der Waals surface area contributed by atoms with E-state index in [4.69, 9.17) is 10.2 Å². The van der Waals surface area contributed by atoms with E-state index in [0.717, 1.165) is 0 Å². The molecule has 0 unspecified atom stereocenters. The maximum Gasteiger partial charge on any atom is 0.306 e. The number of carbonyl (C=O) groups is 1. The first kappa shape index (κ1) is 10.3. The number of hydrogen-bond donors (Lipinski definition) is 2. The molecule has 0 aromatic carbocycles. The largest absolute Gasteiger partial charge is 0.481 e. The molecule has 0 aromatic heterocycles. The van der Waals surface area contributed by atoms with Gasteiger partial charge in [0.05, 0.1) is 12.5 Å². The van der Waals surface area contributed by atoms with Crippen LogP contribution in [0.4, 0.5) is 0 Å². The molecule has 0 aliphatic rings. The molecular weight excluding hydrogens is 164 g/mol. The zero-order chi connectivity index (χ0) is 8.69. The van der Waals surface area contributed by atoms with E-state index in [9.17, 15) is 4.79 Å². The zero-order valence-electron chi connectivity index (χ0n) is 5.93. The van der Waals surface area contributed by atoms with Crippen LogP contribution < -0.4 is 0 Å². The van der Waals surface area contributed by atoms with Crippen molar-refractivity contribution in [1.29, 1.82) is 0 Å². The molecule has 0 aliphatic carbocycles. The Hall–Kier alpha value is -0.740. The van der Waals surface area contributed by atoms with Crippen molar-refractivity contribution in [3.8, 4) is 0 Å². The first-order valence-electron chi connectivity index (χ1n) is 3.17. The van der Waals surface area contributed by atoms with Crippen molar-refractivity contribution in [3.05, 3.63) is 12.2 Å². The second-order valence-corrected chi connectivity index (χ2v) is 2.33. The van der Waals surface area contributed by atoms with E-state index in [2.05, 4.69) is 12.2 Å². The summed E-state index contributed by atoms with van der Waals surface area (Å²) in [5.74, 6) is -1.01. The van der Waals surface area contributed by atoms with Gasteiger partial charge in [-0.1, -0.05) is 24.4 Å². The van der Waals surface area contributed by atoms with Crippen LogP contribution >= 0.6 is 12.2 Å². The van der Waals surface area contributed by atoms with Gasteiger partial charge in [0.1, 0.15) is 0 Å². The van der Waals surface area contributed by atoms with E-state index in [1.807, 2.05) is 0 Å². The van der Waals surface area contributed by atoms with E-state index >= 15 is 0 Å². The van der Waals surface area contributed by atoms with Crippen LogP contribution in [-0.4, -0.2) is 27.7 Å². The normalized spacial score (nSPS) is 13.2. The molecule has 62 valence electrons. The van der Waals surface area contributed by atoms with Gasteiger partial charge in [0.15, 0.2) is 0 Å². The van der Waals surface area contributed by atoms with Crippen LogP contribution in [-0.2, 0) is 4.79 Å². The van der Waals surface area contributed by atoms with Gasteiger partial charge in [-0.25, -0.2) is 0 Å². The fourth-order valence-electron chi connectivity index (χ4n) is 0.538. The van der Waals surface area contributed by atoms with E-state index in [1.54, 1.807) is 6.08 Å². The van der Waals surface area contributed by atoms with E-state index < -0.39 is 12.1 Å². The van der Waals surface area contributed by atoms with Crippen LogP contribution in [0, 0.1) is 0 Å². The van der Waals surface area contributed by atoms with Crippen molar-refractivity contribution in [3.63, 3.8) is 0 Å². The van der Waals surface area contributed by atoms with Crippen LogP contribution in [0.3, 0.4) is 0 Å². The topological polar surface area (TPSA) is 57.5 Å². The zero-order valence-corrected chi connectivity index (χ0v) is 6.75. The summed E-state index contributed by atoms with van der Waals surface area (Å²) in [4.78, 5) is 10.0. The predicted octanol–water partition coefficient (Wildman–Crippen LogP) is 0.768. The van der Waals surface area contributed by atoms with Crippen molar-refractivity contribution >= 4 is 23.6 Å². The van der Waals surface area contributed by atoms with Gasteiger partial charge >= 0.3 is 5.97 Å². The lowest BCUT2D eigenvalue weighted by atomic mass is 10.2. The molecule has 2 N–H and O–H groups in total. The van der Waals surface area contributed by atoms with Crippen molar-refractivity contribution < 1.29 is 15.0 Å². The second-order valence-electron chi connectivity index (χ2n) is 2.00. The molecule has 0 aliphatic heterocycles. The summed E-state index contributed by atoms with van der Waals surface area (Å²) in [5.41, 5.74) is 0. The van der Waals surface area contributed by atoms with E-state index in [1.165, 1.54) is 11.4 Å². The third-order valence-electron chi connectivity index (χ3n) is 0.974. The smallest absolute Gasteiger partial charge is 0.306 e. The summed E-state index contributed by atoms with van der Waals surface area (Å²) < 4.78 is 0. The fourth-order valence-corrected chi connectivity index (χ4v) is 0.649. The van der Waals surface area contributed by atoms with Gasteiger partial charge in [-0.3, -0.25) is 4.79 Å². The fraction of sp³-hybridized carbons (Fsp3) is 0.429. The number of allylic oxidation sites excluding steroid dienone is 1. The Balaban J connectivity index is 3.58. The van der Waals surface area contributed by atoms with Crippen LogP contribution in [0.25, 0.3) is 0 Å². The van der Waals surface area contributed by atoms with Gasteiger partial charge in [-0.15, -0.1) is 0 Å². The van der Waals surface area contributed by atoms with Crippen molar-refractivity contribution in [2.45, 2.75) is 18.9 Å². The van der Waals surface area contributed by atoms with Crippen LogP contribution in [0.5, 0.6) is 0 Å². The minimum absolute atomic E-state index is 0.256. The Labute approximate surface area is 70.3 Å². The molecule has 0 bridgehead atoms. The number of carboxylic acid groups (broad SMARTS) is 1. The monoisotopic (exact) mass is 174 g/mol. The SMILES string of the molecule is O=C(O)C[C@H](O)C=CCC=S. The molecule has 0 radical (unpaired) electrons. The molecule has 0 rings (SSSR count). The van der Waals surface area contributed by atoms with Crippen molar-refractivity contribution in [2.75, 3.05) is 0 Å². The highest BCUT2D eigenvalue weighted by molar-refractivity contribution is 7.78. The van der Waals surface area contributed by atoms with Crippen molar-refractivity contribution in [1.82, 2.24) is 0 Å². The lowest BCUT2D eigenvalue weighted by molar-refractivity contribution is -0.138. The molecule has 0 heterocycles. The molecule has 4 heteroatoms. The van der Waals surface area contributed by atoms with Gasteiger partial charge in [0.25, 0.3) is 0 Å². The Morgan fingerprint density at radius 1 is 1.64 bits per heavy atom. The Morgan fingerprint density at radius 2 is 2.27 bits per heavy atom. The lowest BCUT2D eigenvalue weighted by Crippen LogP contribution is -2.09. The van der Waals surface area contributed by atoms with Gasteiger partial charge in [-0.2, -0.15) is 0 Å². The molecule has 3 nitrogen and oxygen atoms in total. The molecule has 0 fully saturated rings. The Kier molecular flexibility index (Phi) is 5.60. The van der Waals surface area contributed by atoms with Gasteiger partial charge in [-0.05, 0) is 11.8 Å². The van der Waals surface area contributed by atoms with Gasteiger partial charge in [0.2, 0.25) is 0 Å². The highest BCUT2D eigenvalue weighted by atomic mass is 32.1. The molecular formula is C7H10O3S. The van der Waals surface area contributed by atoms with Crippen LogP contribution in [0.15, 0.2) is 12.2 Å². The summed E-state index contributed by atoms with van der Waals surface area (Å²) in [7, 11) is 0. The summed E-state index contributed by atoms with van der Waals surface area (Å²) in [5, 5.41) is 18.7. The third-order valence-corrected chi connectivity index (χ3v) is 1.17. The standard InChI is InChI=1S/C7H10O3S/c8-6(5-7(9)10)3-1-2-4-11/h1,3-4,6,8H,2,5H2,(H,9,10)/t6-/m1/s1. The lowest BCUT2D eigenvalue weighted by Gasteiger charge is -1.98. The average molecular weight is 174 g/mol. The molecule has 0 amide bonds. The maximum absolute atomic E-state index is 10.0. The van der Waals surface area contributed by atoms with E-state index in [-0.39, 0.29) is 6.42 Å². The van der Waals surface area contributed by atoms with Crippen LogP contribution in [0.2, 0.25) is 0 Å². The van der Waals surface area contributed by atoms with Crippen molar-refractivity contribution in [2.24, 2.45) is 0 Å². The highest BCUT2D eigenvalue weighted by Gasteiger charge is 2.03. The summed E-state index contributed by atoms with van der Waals surface area (Å²) in [6.45, 7) is 0. The first-order chi connectivity index (χ1) is 5.16. The molecule has 0 saturated heterocycles. The van der Waals surface area contributed by atoms with E-state index in [0.29, 0.717) is 6.42 Å². The highest BCUT2D eigenvalue weighted by Crippen LogP contribution is 1.94. The number of aliphatic hydroxyl groups is 1.